The molecule has 1 aromatic heterocycles. The predicted molar refractivity (Wildman–Crippen MR) is 108 cm³/mol. The van der Waals surface area contributed by atoms with E-state index in [0.717, 1.165) is 17.7 Å². The molecule has 2 aromatic carbocycles. The lowest BCUT2D eigenvalue weighted by Crippen LogP contribution is -2.48. The maximum Gasteiger partial charge on any atom is 0.416 e. The lowest BCUT2D eigenvalue weighted by Gasteiger charge is -2.24. The molecule has 0 saturated heterocycles. The van der Waals surface area contributed by atoms with Gasteiger partial charge in [-0.1, -0.05) is 36.0 Å². The molecule has 10 heteroatoms. The Morgan fingerprint density at radius 1 is 1.21 bits per heavy atom. The van der Waals surface area contributed by atoms with Crippen LogP contribution in [0.5, 0.6) is 0 Å². The van der Waals surface area contributed by atoms with Gasteiger partial charge in [-0.15, -0.1) is 0 Å². The number of alkyl halides is 3. The van der Waals surface area contributed by atoms with E-state index in [9.17, 15) is 18.4 Å². The second kappa shape index (κ2) is 7.61. The highest BCUT2D eigenvalue weighted by molar-refractivity contribution is 7.80. The van der Waals surface area contributed by atoms with Crippen LogP contribution in [-0.2, 0) is 12.7 Å². The van der Waals surface area contributed by atoms with Crippen LogP contribution in [0.3, 0.4) is 0 Å². The summed E-state index contributed by atoms with van der Waals surface area (Å²) in [5, 5.41) is 21.9. The minimum absolute atomic E-state index is 0.0655. The summed E-state index contributed by atoms with van der Waals surface area (Å²) in [4.78, 5) is 1.53. The van der Waals surface area contributed by atoms with Crippen LogP contribution in [0.25, 0.3) is 11.0 Å². The number of halogens is 4. The maximum atomic E-state index is 12.7. The molecule has 5 nitrogen and oxygen atoms in total. The van der Waals surface area contributed by atoms with Gasteiger partial charge >= 0.3 is 6.18 Å². The van der Waals surface area contributed by atoms with Crippen molar-refractivity contribution in [2.24, 2.45) is 0 Å². The lowest BCUT2D eigenvalue weighted by molar-refractivity contribution is -0.137. The van der Waals surface area contributed by atoms with E-state index >= 15 is 0 Å². The fourth-order valence-corrected chi connectivity index (χ4v) is 3.23. The Labute approximate surface area is 175 Å². The molecule has 0 aliphatic rings. The van der Waals surface area contributed by atoms with E-state index in [4.69, 9.17) is 23.8 Å². The number of hydrogen-bond donors (Lipinski definition) is 1. The van der Waals surface area contributed by atoms with Crippen LogP contribution >= 0.6 is 23.8 Å². The van der Waals surface area contributed by atoms with Crippen molar-refractivity contribution in [2.75, 3.05) is 0 Å². The molecule has 29 heavy (non-hydrogen) atoms. The van der Waals surface area contributed by atoms with Gasteiger partial charge in [0.05, 0.1) is 18.2 Å². The third kappa shape index (κ3) is 4.49. The van der Waals surface area contributed by atoms with Crippen LogP contribution in [-0.4, -0.2) is 25.5 Å². The normalized spacial score (nSPS) is 13.7. The van der Waals surface area contributed by atoms with Crippen molar-refractivity contribution in [1.82, 2.24) is 20.3 Å². The monoisotopic (exact) mass is 437 g/mol. The number of nitrogens with zero attached hydrogens (tertiary/aromatic N) is 4. The average Bonchev–Trinajstić information content (AvgIpc) is 3.07. The van der Waals surface area contributed by atoms with E-state index < -0.39 is 17.3 Å². The van der Waals surface area contributed by atoms with Gasteiger partial charge in [0, 0.05) is 10.6 Å². The van der Waals surface area contributed by atoms with Crippen LogP contribution in [0.2, 0.25) is 5.02 Å². The highest BCUT2D eigenvalue weighted by atomic mass is 35.5. The van der Waals surface area contributed by atoms with Crippen LogP contribution in [0.4, 0.5) is 13.2 Å². The molecule has 0 amide bonds. The largest absolute Gasteiger partial charge is 0.416 e. The molecule has 1 unspecified atom stereocenters. The summed E-state index contributed by atoms with van der Waals surface area (Å²) in [6.07, 6.45) is -4.43. The smallest absolute Gasteiger partial charge is 0.357 e. The molecule has 0 saturated carbocycles. The molecule has 0 radical (unpaired) electrons. The molecular formula is C19H15ClF3N5S. The molecular weight excluding hydrogens is 423 g/mol. The van der Waals surface area contributed by atoms with Crippen LogP contribution in [0.15, 0.2) is 36.4 Å². The summed E-state index contributed by atoms with van der Waals surface area (Å²) in [6, 6.07) is 10.0. The Morgan fingerprint density at radius 2 is 1.86 bits per heavy atom. The highest BCUT2D eigenvalue weighted by Gasteiger charge is 2.31. The van der Waals surface area contributed by atoms with Crippen molar-refractivity contribution in [3.05, 3.63) is 58.1 Å². The number of rotatable bonds is 4. The summed E-state index contributed by atoms with van der Waals surface area (Å²) in [6.45, 7) is 3.50. The first kappa shape index (κ1) is 21.0. The van der Waals surface area contributed by atoms with E-state index in [1.54, 1.807) is 19.1 Å². The van der Waals surface area contributed by atoms with E-state index in [1.807, 2.05) is 6.92 Å². The number of fused-ring (bicyclic) bond motifs is 1. The van der Waals surface area contributed by atoms with Crippen molar-refractivity contribution in [3.63, 3.8) is 0 Å². The van der Waals surface area contributed by atoms with Gasteiger partial charge in [-0.05, 0) is 43.7 Å². The Hall–Kier alpha value is -2.70. The van der Waals surface area contributed by atoms with Gasteiger partial charge in [0.15, 0.2) is 0 Å². The first-order valence-corrected chi connectivity index (χ1v) is 9.22. The molecule has 3 aromatic rings. The van der Waals surface area contributed by atoms with Crippen molar-refractivity contribution in [3.8, 4) is 6.07 Å². The van der Waals surface area contributed by atoms with Crippen LogP contribution in [0.1, 0.15) is 23.6 Å². The Bertz CT molecular complexity index is 1120. The van der Waals surface area contributed by atoms with E-state index in [2.05, 4.69) is 21.6 Å². The van der Waals surface area contributed by atoms with Gasteiger partial charge in [0.1, 0.15) is 21.6 Å². The van der Waals surface area contributed by atoms with Crippen molar-refractivity contribution in [1.29, 1.82) is 5.26 Å². The molecule has 1 atom stereocenters. The average molecular weight is 438 g/mol. The van der Waals surface area contributed by atoms with Crippen LogP contribution in [0, 0.1) is 18.3 Å². The number of hydrogen-bond acceptors (Lipinski definition) is 4. The van der Waals surface area contributed by atoms with Gasteiger partial charge in [0.25, 0.3) is 0 Å². The first-order chi connectivity index (χ1) is 13.5. The SMILES string of the molecule is Cc1c(Cl)ccc2nn(CC(C)(C#N)NC(=S)c3ccc(C(F)(F)F)cc3)nc12. The van der Waals surface area contributed by atoms with E-state index in [0.29, 0.717) is 21.6 Å². The second-order valence-electron chi connectivity index (χ2n) is 6.74. The fourth-order valence-electron chi connectivity index (χ4n) is 2.72. The fraction of sp³-hybridized carbons (Fsp3) is 0.263. The number of benzene rings is 2. The number of aromatic nitrogens is 3. The van der Waals surface area contributed by atoms with Gasteiger partial charge < -0.3 is 5.32 Å². The minimum atomic E-state index is -4.43. The summed E-state index contributed by atoms with van der Waals surface area (Å²) < 4.78 is 38.1. The molecule has 3 rings (SSSR count). The number of nitrogens with one attached hydrogen (secondary N) is 1. The summed E-state index contributed by atoms with van der Waals surface area (Å²) in [5.74, 6) is 0. The van der Waals surface area contributed by atoms with Crippen molar-refractivity contribution >= 4 is 39.8 Å². The number of thiocarbonyl (C=S) groups is 1. The van der Waals surface area contributed by atoms with Gasteiger partial charge in [0.2, 0.25) is 0 Å². The molecule has 0 aliphatic heterocycles. The topological polar surface area (TPSA) is 66.5 Å². The zero-order valence-electron chi connectivity index (χ0n) is 15.4. The highest BCUT2D eigenvalue weighted by Crippen LogP contribution is 2.29. The molecule has 0 fully saturated rings. The quantitative estimate of drug-likeness (QED) is 0.601. The number of nitriles is 1. The standard InChI is InChI=1S/C19H15ClF3N5S/c1-11-14(20)7-8-15-16(11)27-28(26-15)10-18(2,9-24)25-17(29)12-3-5-13(6-4-12)19(21,22)23/h3-8H,10H2,1-2H3,(H,25,29). The van der Waals surface area contributed by atoms with Gasteiger partial charge in [-0.25, -0.2) is 0 Å². The van der Waals surface area contributed by atoms with E-state index in [1.165, 1.54) is 16.9 Å². The molecule has 1 N–H and O–H groups in total. The summed E-state index contributed by atoms with van der Waals surface area (Å²) in [5.41, 5.74) is 0.458. The van der Waals surface area contributed by atoms with Gasteiger partial charge in [-0.2, -0.15) is 33.4 Å². The van der Waals surface area contributed by atoms with Crippen LogP contribution < -0.4 is 5.32 Å². The third-order valence-electron chi connectivity index (χ3n) is 4.35. The van der Waals surface area contributed by atoms with Gasteiger partial charge in [-0.3, -0.25) is 0 Å². The Morgan fingerprint density at radius 3 is 2.45 bits per heavy atom. The second-order valence-corrected chi connectivity index (χ2v) is 7.56. The summed E-state index contributed by atoms with van der Waals surface area (Å²) in [7, 11) is 0. The van der Waals surface area contributed by atoms with Crippen molar-refractivity contribution < 1.29 is 13.2 Å². The third-order valence-corrected chi connectivity index (χ3v) is 5.10. The Kier molecular flexibility index (Phi) is 5.52. The first-order valence-electron chi connectivity index (χ1n) is 8.43. The zero-order valence-corrected chi connectivity index (χ0v) is 17.0. The Balaban J connectivity index is 1.80. The minimum Gasteiger partial charge on any atom is -0.357 e. The molecule has 0 aliphatic carbocycles. The molecule has 0 spiro atoms. The zero-order chi connectivity index (χ0) is 21.4. The van der Waals surface area contributed by atoms with E-state index in [-0.39, 0.29) is 11.5 Å². The van der Waals surface area contributed by atoms with Crippen molar-refractivity contribution in [2.45, 2.75) is 32.1 Å². The molecule has 150 valence electrons. The summed E-state index contributed by atoms with van der Waals surface area (Å²) >= 11 is 11.4. The lowest BCUT2D eigenvalue weighted by atomic mass is 10.0. The number of aryl methyl sites for hydroxylation is 1. The molecule has 1 heterocycles. The molecule has 0 bridgehead atoms. The predicted octanol–water partition coefficient (Wildman–Crippen LogP) is 4.66. The maximum absolute atomic E-state index is 12.7.